The van der Waals surface area contributed by atoms with E-state index in [0.717, 1.165) is 33.9 Å². The Morgan fingerprint density at radius 3 is 3.09 bits per heavy atom. The second kappa shape index (κ2) is 5.76. The third kappa shape index (κ3) is 2.39. The maximum atomic E-state index is 6.16. The molecule has 0 spiro atoms. The highest BCUT2D eigenvalue weighted by Gasteiger charge is 2.34. The summed E-state index contributed by atoms with van der Waals surface area (Å²) in [6, 6.07) is 6.18. The summed E-state index contributed by atoms with van der Waals surface area (Å²) in [5.74, 6) is 0.240. The molecule has 1 aromatic rings. The molecule has 4 rings (SSSR count). The first kappa shape index (κ1) is 14.4. The fraction of sp³-hybridized carbons (Fsp3) is 0.294. The highest BCUT2D eigenvalue weighted by Crippen LogP contribution is 2.44. The Morgan fingerprint density at radius 2 is 2.23 bits per heavy atom. The van der Waals surface area contributed by atoms with Crippen LogP contribution in [0.1, 0.15) is 17.9 Å². The molecule has 0 saturated carbocycles. The van der Waals surface area contributed by atoms with Crippen molar-refractivity contribution in [3.63, 3.8) is 0 Å². The van der Waals surface area contributed by atoms with Gasteiger partial charge in [-0.1, -0.05) is 17.7 Å². The van der Waals surface area contributed by atoms with Crippen LogP contribution < -0.4 is 5.32 Å². The van der Waals surface area contributed by atoms with Gasteiger partial charge in [0.25, 0.3) is 0 Å². The Labute approximate surface area is 142 Å². The molecule has 0 saturated heterocycles. The van der Waals surface area contributed by atoms with Crippen LogP contribution in [0.2, 0.25) is 5.02 Å². The molecule has 1 unspecified atom stereocenters. The van der Waals surface area contributed by atoms with Gasteiger partial charge in [-0.2, -0.15) is 0 Å². The fourth-order valence-electron chi connectivity index (χ4n) is 3.28. The van der Waals surface area contributed by atoms with E-state index in [-0.39, 0.29) is 5.92 Å². The van der Waals surface area contributed by atoms with Crippen molar-refractivity contribution in [2.45, 2.75) is 12.3 Å². The van der Waals surface area contributed by atoms with Crippen molar-refractivity contribution in [1.29, 1.82) is 0 Å². The largest absolute Gasteiger partial charge is 0.495 e. The average Bonchev–Trinajstić information content (AvgIpc) is 2.55. The molecule has 1 atom stereocenters. The van der Waals surface area contributed by atoms with E-state index in [1.54, 1.807) is 0 Å². The number of hydrogen-bond donors (Lipinski definition) is 1. The van der Waals surface area contributed by atoms with Gasteiger partial charge >= 0.3 is 0 Å². The van der Waals surface area contributed by atoms with Crippen molar-refractivity contribution in [2.75, 3.05) is 19.8 Å². The fourth-order valence-corrected chi connectivity index (χ4v) is 3.79. The summed E-state index contributed by atoms with van der Waals surface area (Å²) in [6.45, 7) is 2.02. The topological polar surface area (TPSA) is 30.5 Å². The van der Waals surface area contributed by atoms with Gasteiger partial charge in [-0.15, -0.1) is 0 Å². The Hall–Kier alpha value is -1.23. The number of halogens is 2. The standard InChI is InChI=1S/C17H15BrClNO2/c18-13-7-10(1-2-14(13)19)17-11-3-5-21-8-15(11)20-16-9-22-6-4-12(16)17/h1-3,7-8,17,20H,4-6,9H2. The van der Waals surface area contributed by atoms with E-state index >= 15 is 0 Å². The molecular formula is C17H15BrClNO2. The Morgan fingerprint density at radius 1 is 1.32 bits per heavy atom. The minimum absolute atomic E-state index is 0.240. The van der Waals surface area contributed by atoms with Gasteiger partial charge in [0.2, 0.25) is 0 Å². The Balaban J connectivity index is 1.86. The van der Waals surface area contributed by atoms with Crippen LogP contribution in [0.4, 0.5) is 0 Å². The second-order valence-corrected chi connectivity index (χ2v) is 6.82. The maximum absolute atomic E-state index is 6.16. The zero-order valence-corrected chi connectivity index (χ0v) is 14.2. The van der Waals surface area contributed by atoms with Crippen molar-refractivity contribution in [2.24, 2.45) is 0 Å². The van der Waals surface area contributed by atoms with Crippen molar-refractivity contribution in [3.8, 4) is 0 Å². The van der Waals surface area contributed by atoms with Gasteiger partial charge in [-0.05, 0) is 57.3 Å². The molecule has 3 aliphatic rings. The monoisotopic (exact) mass is 379 g/mol. The highest BCUT2D eigenvalue weighted by atomic mass is 79.9. The van der Waals surface area contributed by atoms with E-state index in [0.29, 0.717) is 13.2 Å². The molecule has 1 aromatic carbocycles. The van der Waals surface area contributed by atoms with Gasteiger partial charge in [0, 0.05) is 16.1 Å². The molecule has 0 fully saturated rings. The minimum Gasteiger partial charge on any atom is -0.495 e. The summed E-state index contributed by atoms with van der Waals surface area (Å²) in [7, 11) is 0. The first-order valence-corrected chi connectivity index (χ1v) is 8.45. The molecule has 0 radical (unpaired) electrons. The molecule has 114 valence electrons. The first-order chi connectivity index (χ1) is 10.7. The molecule has 22 heavy (non-hydrogen) atoms. The Kier molecular flexibility index (Phi) is 3.76. The molecule has 3 heterocycles. The summed E-state index contributed by atoms with van der Waals surface area (Å²) in [5.41, 5.74) is 6.13. The van der Waals surface area contributed by atoms with E-state index in [2.05, 4.69) is 39.5 Å². The van der Waals surface area contributed by atoms with E-state index in [1.165, 1.54) is 16.7 Å². The number of fused-ring (bicyclic) bond motifs is 1. The van der Waals surface area contributed by atoms with Crippen LogP contribution in [0.3, 0.4) is 0 Å². The number of hydrogen-bond acceptors (Lipinski definition) is 3. The molecule has 3 aliphatic heterocycles. The number of allylic oxidation sites excluding steroid dienone is 1. The summed E-state index contributed by atoms with van der Waals surface area (Å²) < 4.78 is 12.0. The highest BCUT2D eigenvalue weighted by molar-refractivity contribution is 9.10. The third-order valence-corrected chi connectivity index (χ3v) is 5.50. The van der Waals surface area contributed by atoms with Crippen LogP contribution in [0, 0.1) is 0 Å². The molecule has 0 aliphatic carbocycles. The van der Waals surface area contributed by atoms with Crippen LogP contribution in [0.25, 0.3) is 0 Å². The van der Waals surface area contributed by atoms with Crippen molar-refractivity contribution >= 4 is 27.5 Å². The van der Waals surface area contributed by atoms with Gasteiger partial charge < -0.3 is 14.8 Å². The summed E-state index contributed by atoms with van der Waals surface area (Å²) >= 11 is 9.70. The molecule has 0 bridgehead atoms. The quantitative estimate of drug-likeness (QED) is 0.789. The summed E-state index contributed by atoms with van der Waals surface area (Å²) in [6.07, 6.45) is 4.92. The van der Waals surface area contributed by atoms with Crippen molar-refractivity contribution in [1.82, 2.24) is 5.32 Å². The van der Waals surface area contributed by atoms with Crippen LogP contribution in [-0.2, 0) is 9.47 Å². The summed E-state index contributed by atoms with van der Waals surface area (Å²) in [4.78, 5) is 0. The lowest BCUT2D eigenvalue weighted by molar-refractivity contribution is 0.138. The van der Waals surface area contributed by atoms with E-state index in [9.17, 15) is 0 Å². The van der Waals surface area contributed by atoms with Crippen molar-refractivity contribution in [3.05, 3.63) is 68.1 Å². The summed E-state index contributed by atoms with van der Waals surface area (Å²) in [5, 5.41) is 4.20. The van der Waals surface area contributed by atoms with Crippen LogP contribution in [-0.4, -0.2) is 19.8 Å². The molecule has 3 nitrogen and oxygen atoms in total. The SMILES string of the molecule is Clc1ccc(C2C3=CCOC=C3NC3=C2CCOC3)cc1Br. The Bertz CT molecular complexity index is 723. The van der Waals surface area contributed by atoms with Gasteiger partial charge in [0.05, 0.1) is 23.9 Å². The minimum atomic E-state index is 0.240. The lowest BCUT2D eigenvalue weighted by Crippen LogP contribution is -2.34. The molecule has 1 N–H and O–H groups in total. The van der Waals surface area contributed by atoms with E-state index in [1.807, 2.05) is 12.3 Å². The zero-order valence-electron chi connectivity index (χ0n) is 11.9. The average molecular weight is 381 g/mol. The smallest absolute Gasteiger partial charge is 0.107 e. The lowest BCUT2D eigenvalue weighted by Gasteiger charge is -2.37. The number of ether oxygens (including phenoxy) is 2. The number of rotatable bonds is 1. The second-order valence-electron chi connectivity index (χ2n) is 5.56. The molecule has 0 amide bonds. The molecule has 0 aromatic heterocycles. The predicted octanol–water partition coefficient (Wildman–Crippen LogP) is 4.26. The number of benzene rings is 1. The van der Waals surface area contributed by atoms with Gasteiger partial charge in [-0.25, -0.2) is 0 Å². The van der Waals surface area contributed by atoms with Crippen LogP contribution >= 0.6 is 27.5 Å². The maximum Gasteiger partial charge on any atom is 0.107 e. The van der Waals surface area contributed by atoms with Gasteiger partial charge in [0.1, 0.15) is 12.9 Å². The predicted molar refractivity (Wildman–Crippen MR) is 89.6 cm³/mol. The van der Waals surface area contributed by atoms with Gasteiger partial charge in [-0.3, -0.25) is 0 Å². The number of nitrogens with one attached hydrogen (secondary N) is 1. The zero-order chi connectivity index (χ0) is 15.1. The van der Waals surface area contributed by atoms with E-state index in [4.69, 9.17) is 21.1 Å². The van der Waals surface area contributed by atoms with E-state index < -0.39 is 0 Å². The lowest BCUT2D eigenvalue weighted by atomic mass is 9.77. The third-order valence-electron chi connectivity index (χ3n) is 4.28. The molecule has 5 heteroatoms. The normalized spacial score (nSPS) is 23.6. The molecular weight excluding hydrogens is 366 g/mol. The first-order valence-electron chi connectivity index (χ1n) is 7.28. The van der Waals surface area contributed by atoms with Crippen LogP contribution in [0.15, 0.2) is 57.6 Å². The van der Waals surface area contributed by atoms with Gasteiger partial charge in [0.15, 0.2) is 0 Å². The van der Waals surface area contributed by atoms with Crippen molar-refractivity contribution < 1.29 is 9.47 Å². The van der Waals surface area contributed by atoms with Crippen LogP contribution in [0.5, 0.6) is 0 Å².